The predicted molar refractivity (Wildman–Crippen MR) is 177 cm³/mol. The third-order valence-corrected chi connectivity index (χ3v) is 10.6. The molecule has 19 heteroatoms. The Morgan fingerprint density at radius 1 is 1.20 bits per heavy atom. The van der Waals surface area contributed by atoms with E-state index in [9.17, 15) is 32.7 Å². The summed E-state index contributed by atoms with van der Waals surface area (Å²) in [6.45, 7) is 2.34. The summed E-state index contributed by atoms with van der Waals surface area (Å²) in [5, 5.41) is 27.6. The van der Waals surface area contributed by atoms with Gasteiger partial charge >= 0.3 is 19.9 Å². The van der Waals surface area contributed by atoms with Crippen LogP contribution in [0.25, 0.3) is 11.0 Å². The minimum absolute atomic E-state index is 0.0339. The number of aromatic nitrogens is 3. The molecule has 14 nitrogen and oxygen atoms in total. The van der Waals surface area contributed by atoms with Crippen LogP contribution in [0.1, 0.15) is 44.0 Å². The van der Waals surface area contributed by atoms with Crippen molar-refractivity contribution in [1.29, 1.82) is 0 Å². The number of esters is 1. The maximum atomic E-state index is 14.3. The van der Waals surface area contributed by atoms with Gasteiger partial charge in [0.1, 0.15) is 47.7 Å². The Morgan fingerprint density at radius 2 is 1.90 bits per heavy atom. The molecule has 1 aliphatic heterocycles. The number of anilines is 1. The number of aliphatic hydroxyl groups is 2. The molecule has 4 aromatic rings. The Balaban J connectivity index is 1.21. The number of hydrogen-bond donors (Lipinski definition) is 4. The summed E-state index contributed by atoms with van der Waals surface area (Å²) in [5.41, 5.74) is -4.39. The van der Waals surface area contributed by atoms with Gasteiger partial charge in [0.25, 0.3) is 0 Å². The van der Waals surface area contributed by atoms with Gasteiger partial charge in [-0.3, -0.25) is 14.3 Å². The largest absolute Gasteiger partial charge is 0.459 e. The van der Waals surface area contributed by atoms with Crippen LogP contribution in [0.5, 0.6) is 5.75 Å². The number of hydrogen-bond acceptors (Lipinski definition) is 12. The second kappa shape index (κ2) is 14.0. The van der Waals surface area contributed by atoms with Gasteiger partial charge < -0.3 is 28.8 Å². The van der Waals surface area contributed by atoms with Crippen molar-refractivity contribution in [1.82, 2.24) is 19.6 Å². The number of benzene rings is 2. The molecule has 5 N–H and O–H groups in total. The highest BCUT2D eigenvalue weighted by Crippen LogP contribution is 2.53. The molecule has 1 aliphatic carbocycles. The van der Waals surface area contributed by atoms with Crippen LogP contribution in [0.15, 0.2) is 67.1 Å². The summed E-state index contributed by atoms with van der Waals surface area (Å²) >= 11 is 5.99. The third kappa shape index (κ3) is 7.57. The molecule has 0 amide bonds. The minimum atomic E-state index is -4.67. The van der Waals surface area contributed by atoms with Gasteiger partial charge in [0.05, 0.1) is 17.6 Å². The summed E-state index contributed by atoms with van der Waals surface area (Å²) in [5.74, 6) is 5.57. The van der Waals surface area contributed by atoms with Crippen LogP contribution in [-0.4, -0.2) is 67.2 Å². The Morgan fingerprint density at radius 3 is 2.57 bits per heavy atom. The molecule has 0 bridgehead atoms. The molecule has 3 heterocycles. The number of halogens is 4. The summed E-state index contributed by atoms with van der Waals surface area (Å²) in [6, 6.07) is 12.1. The quantitative estimate of drug-likeness (QED) is 0.0628. The Labute approximate surface area is 294 Å². The molecule has 51 heavy (non-hydrogen) atoms. The molecule has 5 atom stereocenters. The van der Waals surface area contributed by atoms with Gasteiger partial charge in [-0.1, -0.05) is 29.8 Å². The smallest absolute Gasteiger partial charge is 0.459 e. The Kier molecular flexibility index (Phi) is 10.1. The van der Waals surface area contributed by atoms with Crippen molar-refractivity contribution in [2.75, 3.05) is 18.2 Å². The topological polar surface area (TPSA) is 184 Å². The van der Waals surface area contributed by atoms with Crippen molar-refractivity contribution < 1.29 is 51.3 Å². The average molecular weight is 755 g/mol. The van der Waals surface area contributed by atoms with Crippen LogP contribution in [0.4, 0.5) is 19.0 Å². The molecule has 0 radical (unpaired) electrons. The molecule has 2 aromatic carbocycles. The van der Waals surface area contributed by atoms with Crippen LogP contribution in [-0.2, 0) is 36.1 Å². The number of alkyl halides is 3. The third-order valence-electron chi connectivity index (χ3n) is 8.73. The van der Waals surface area contributed by atoms with E-state index in [0.29, 0.717) is 28.4 Å². The van der Waals surface area contributed by atoms with E-state index in [-0.39, 0.29) is 24.2 Å². The Hall–Kier alpha value is -3.80. The van der Waals surface area contributed by atoms with Gasteiger partial charge in [-0.2, -0.15) is 18.3 Å². The van der Waals surface area contributed by atoms with Crippen LogP contribution in [0.3, 0.4) is 0 Å². The normalized spacial score (nSPS) is 23.9. The van der Waals surface area contributed by atoms with Crippen molar-refractivity contribution in [2.24, 2.45) is 5.84 Å². The van der Waals surface area contributed by atoms with Crippen molar-refractivity contribution in [3.05, 3.63) is 83.3 Å². The number of fused-ring (bicyclic) bond motifs is 1. The van der Waals surface area contributed by atoms with Gasteiger partial charge in [0.15, 0.2) is 12.0 Å². The Bertz CT molecular complexity index is 1940. The lowest BCUT2D eigenvalue weighted by Crippen LogP contribution is -2.45. The number of carbonyl (C=O) groups excluding carboxylic acids is 1. The molecule has 1 saturated heterocycles. The van der Waals surface area contributed by atoms with Gasteiger partial charge in [-0.15, -0.1) is 0 Å². The van der Waals surface area contributed by atoms with Crippen LogP contribution in [0.2, 0.25) is 5.02 Å². The standard InChI is InChI=1S/C32H35ClF3N6O8P/c1-3-42(37)27-22-12-15-41(26(22)38-18-39-27)28-30(2,45)25(43)24(49-28)17-48-51(46,50-21-10-8-20(33)9-11-21)40-31(13-14-31)29(44)47-16-19-6-4-5-7-23(19)32(34,35)36/h4-12,15,18,24-25,28,43,45H,3,13-14,16-17,37H2,1-2H3,(H,40,46)/t24?,25-,28?,30-,51?/m1/s1. The van der Waals surface area contributed by atoms with Gasteiger partial charge in [-0.25, -0.2) is 20.4 Å². The fourth-order valence-corrected chi connectivity index (χ4v) is 7.61. The molecule has 1 saturated carbocycles. The van der Waals surface area contributed by atoms with Crippen LogP contribution >= 0.6 is 19.3 Å². The zero-order chi connectivity index (χ0) is 36.8. The number of nitrogens with zero attached hydrogens (tertiary/aromatic N) is 4. The first-order valence-electron chi connectivity index (χ1n) is 15.8. The summed E-state index contributed by atoms with van der Waals surface area (Å²) in [4.78, 5) is 21.8. The minimum Gasteiger partial charge on any atom is -0.459 e. The number of rotatable bonds is 13. The van der Waals surface area contributed by atoms with E-state index in [1.807, 2.05) is 6.92 Å². The molecule has 3 unspecified atom stereocenters. The van der Waals surface area contributed by atoms with E-state index in [0.717, 1.165) is 6.07 Å². The maximum Gasteiger partial charge on any atom is 0.459 e. The first-order chi connectivity index (χ1) is 24.1. The van der Waals surface area contributed by atoms with Crippen LogP contribution < -0.4 is 20.5 Å². The molecule has 2 fully saturated rings. The number of hydrazine groups is 1. The van der Waals surface area contributed by atoms with Crippen molar-refractivity contribution in [3.63, 3.8) is 0 Å². The zero-order valence-electron chi connectivity index (χ0n) is 27.3. The lowest BCUT2D eigenvalue weighted by molar-refractivity contribution is -0.150. The first-order valence-corrected chi connectivity index (χ1v) is 17.7. The average Bonchev–Trinajstić information content (AvgIpc) is 3.68. The molecule has 0 spiro atoms. The van der Waals surface area contributed by atoms with Gasteiger partial charge in [0.2, 0.25) is 0 Å². The number of ether oxygens (including phenoxy) is 2. The number of nitrogens with two attached hydrogens (primary N) is 1. The van der Waals surface area contributed by atoms with Crippen molar-refractivity contribution in [2.45, 2.75) is 69.0 Å². The second-order valence-corrected chi connectivity index (χ2v) is 14.5. The van der Waals surface area contributed by atoms with E-state index in [1.54, 1.807) is 12.3 Å². The van der Waals surface area contributed by atoms with E-state index in [1.165, 1.54) is 65.3 Å². The molecular weight excluding hydrogens is 720 g/mol. The molecule has 2 aromatic heterocycles. The SMILES string of the molecule is CCN(N)c1ncnc2c1ccn2C1OC(COP(=O)(NC2(C(=O)OCc3ccccc3C(F)(F)F)CC2)Oc2ccc(Cl)cc2)[C@@H](O)[C@@]1(C)O. The number of carbonyl (C=O) groups is 1. The maximum absolute atomic E-state index is 14.3. The highest BCUT2D eigenvalue weighted by Gasteiger charge is 2.58. The fraction of sp³-hybridized carbons (Fsp3) is 0.406. The highest BCUT2D eigenvalue weighted by molar-refractivity contribution is 7.52. The van der Waals surface area contributed by atoms with E-state index in [2.05, 4.69) is 15.1 Å². The molecule has 6 rings (SSSR count). The zero-order valence-corrected chi connectivity index (χ0v) is 28.9. The molecule has 2 aliphatic rings. The molecular formula is C32H35ClF3N6O8P. The fourth-order valence-electron chi connectivity index (χ4n) is 5.74. The summed E-state index contributed by atoms with van der Waals surface area (Å²) < 4.78 is 79.2. The first kappa shape index (κ1) is 37.0. The van der Waals surface area contributed by atoms with Gasteiger partial charge in [-0.05, 0) is 63.1 Å². The highest BCUT2D eigenvalue weighted by atomic mass is 35.5. The molecule has 274 valence electrons. The van der Waals surface area contributed by atoms with E-state index < -0.39 is 68.2 Å². The summed E-state index contributed by atoms with van der Waals surface area (Å²) in [7, 11) is -4.56. The predicted octanol–water partition coefficient (Wildman–Crippen LogP) is 4.88. The van der Waals surface area contributed by atoms with Gasteiger partial charge in [0, 0.05) is 23.3 Å². The van der Waals surface area contributed by atoms with Crippen molar-refractivity contribution >= 4 is 42.2 Å². The van der Waals surface area contributed by atoms with Crippen molar-refractivity contribution in [3.8, 4) is 5.75 Å². The lowest BCUT2D eigenvalue weighted by atomic mass is 9.96. The number of nitrogens with one attached hydrogen (secondary N) is 1. The number of aliphatic hydroxyl groups excluding tert-OH is 1. The van der Waals surface area contributed by atoms with Crippen LogP contribution in [0, 0.1) is 0 Å². The van der Waals surface area contributed by atoms with E-state index in [4.69, 9.17) is 36.0 Å². The lowest BCUT2D eigenvalue weighted by Gasteiger charge is -2.28. The second-order valence-electron chi connectivity index (χ2n) is 12.4. The van der Waals surface area contributed by atoms with E-state index >= 15 is 0 Å². The monoisotopic (exact) mass is 754 g/mol. The summed E-state index contributed by atoms with van der Waals surface area (Å²) in [6.07, 6.45) is -5.64.